The van der Waals surface area contributed by atoms with Crippen LogP contribution in [0.15, 0.2) is 59.4 Å². The highest BCUT2D eigenvalue weighted by molar-refractivity contribution is 5.84. The van der Waals surface area contributed by atoms with Gasteiger partial charge in [0.05, 0.1) is 5.69 Å². The summed E-state index contributed by atoms with van der Waals surface area (Å²) in [6, 6.07) is 14.7. The number of hydrogen-bond donors (Lipinski definition) is 1. The first-order chi connectivity index (χ1) is 9.16. The van der Waals surface area contributed by atoms with Crippen molar-refractivity contribution in [3.05, 3.63) is 70.8 Å². The zero-order valence-corrected chi connectivity index (χ0v) is 10.0. The zero-order valence-electron chi connectivity index (χ0n) is 10.0. The molecular formula is C15H11FN2O. The van der Waals surface area contributed by atoms with Crippen LogP contribution in [-0.4, -0.2) is 4.57 Å². The average Bonchev–Trinajstić information content (AvgIpc) is 2.39. The van der Waals surface area contributed by atoms with Crippen molar-refractivity contribution >= 4 is 16.6 Å². The molecule has 1 heterocycles. The van der Waals surface area contributed by atoms with Gasteiger partial charge < -0.3 is 5.73 Å². The predicted octanol–water partition coefficient (Wildman–Crippen LogP) is 2.71. The second-order valence-electron chi connectivity index (χ2n) is 4.28. The Morgan fingerprint density at radius 1 is 1.00 bits per heavy atom. The minimum Gasteiger partial charge on any atom is -0.385 e. The number of hydrogen-bond acceptors (Lipinski definition) is 2. The second-order valence-corrected chi connectivity index (χ2v) is 4.28. The van der Waals surface area contributed by atoms with Gasteiger partial charge in [-0.15, -0.1) is 0 Å². The third-order valence-corrected chi connectivity index (χ3v) is 3.02. The van der Waals surface area contributed by atoms with Crippen molar-refractivity contribution in [2.75, 3.05) is 5.73 Å². The van der Waals surface area contributed by atoms with E-state index in [4.69, 9.17) is 5.73 Å². The van der Waals surface area contributed by atoms with E-state index in [9.17, 15) is 9.18 Å². The first-order valence-electron chi connectivity index (χ1n) is 5.83. The molecule has 0 aliphatic carbocycles. The van der Waals surface area contributed by atoms with Gasteiger partial charge in [0.25, 0.3) is 5.56 Å². The third kappa shape index (κ3) is 1.87. The Balaban J connectivity index is 2.39. The summed E-state index contributed by atoms with van der Waals surface area (Å²) < 4.78 is 14.6. The first-order valence-corrected chi connectivity index (χ1v) is 5.83. The van der Waals surface area contributed by atoms with E-state index in [0.29, 0.717) is 11.1 Å². The number of benzene rings is 2. The van der Waals surface area contributed by atoms with Crippen LogP contribution in [-0.2, 0) is 0 Å². The van der Waals surface area contributed by atoms with Gasteiger partial charge in [-0.2, -0.15) is 0 Å². The highest BCUT2D eigenvalue weighted by Gasteiger charge is 2.08. The van der Waals surface area contributed by atoms with Crippen LogP contribution in [0.4, 0.5) is 10.2 Å². The molecule has 3 aromatic rings. The quantitative estimate of drug-likeness (QED) is 0.725. The summed E-state index contributed by atoms with van der Waals surface area (Å²) in [6.45, 7) is 0. The molecule has 94 valence electrons. The van der Waals surface area contributed by atoms with Crippen LogP contribution in [0.5, 0.6) is 0 Å². The molecule has 0 fully saturated rings. The molecular weight excluding hydrogens is 243 g/mol. The van der Waals surface area contributed by atoms with Crippen LogP contribution in [0.25, 0.3) is 16.5 Å². The summed E-state index contributed by atoms with van der Waals surface area (Å²) in [7, 11) is 0. The van der Waals surface area contributed by atoms with Crippen molar-refractivity contribution in [3.63, 3.8) is 0 Å². The molecule has 0 radical (unpaired) electrons. The van der Waals surface area contributed by atoms with Gasteiger partial charge in [-0.1, -0.05) is 24.3 Å². The smallest absolute Gasteiger partial charge is 0.264 e. The largest absolute Gasteiger partial charge is 0.385 e. The number of nitrogens with two attached hydrogens (primary N) is 1. The topological polar surface area (TPSA) is 48.0 Å². The fourth-order valence-corrected chi connectivity index (χ4v) is 2.16. The number of nitrogen functional groups attached to an aromatic ring is 1. The number of fused-ring (bicyclic) bond motifs is 1. The lowest BCUT2D eigenvalue weighted by Gasteiger charge is -2.11. The highest BCUT2D eigenvalue weighted by Crippen LogP contribution is 2.17. The Labute approximate surface area is 108 Å². The molecule has 0 saturated carbocycles. The minimum atomic E-state index is -0.406. The Morgan fingerprint density at radius 3 is 2.58 bits per heavy atom. The zero-order chi connectivity index (χ0) is 13.4. The lowest BCUT2D eigenvalue weighted by atomic mass is 10.1. The standard InChI is InChI=1S/C15H11FN2O/c16-11-5-3-6-12(9-11)18-14(17)8-10-4-1-2-7-13(10)15(18)19/h1-9H,17H2. The van der Waals surface area contributed by atoms with Crippen LogP contribution in [0.1, 0.15) is 0 Å². The molecule has 0 aliphatic heterocycles. The van der Waals surface area contributed by atoms with Crippen LogP contribution in [0.3, 0.4) is 0 Å². The van der Waals surface area contributed by atoms with Gasteiger partial charge in [-0.25, -0.2) is 4.39 Å². The fourth-order valence-electron chi connectivity index (χ4n) is 2.16. The van der Waals surface area contributed by atoms with Crippen LogP contribution in [0.2, 0.25) is 0 Å². The molecule has 3 nitrogen and oxygen atoms in total. The number of anilines is 1. The van der Waals surface area contributed by atoms with E-state index >= 15 is 0 Å². The summed E-state index contributed by atoms with van der Waals surface area (Å²) in [5, 5.41) is 1.33. The molecule has 0 aliphatic rings. The third-order valence-electron chi connectivity index (χ3n) is 3.02. The van der Waals surface area contributed by atoms with Gasteiger partial charge in [0, 0.05) is 5.39 Å². The lowest BCUT2D eigenvalue weighted by Crippen LogP contribution is -2.21. The first kappa shape index (κ1) is 11.5. The summed E-state index contributed by atoms with van der Waals surface area (Å²) >= 11 is 0. The minimum absolute atomic E-state index is 0.249. The highest BCUT2D eigenvalue weighted by atomic mass is 19.1. The Morgan fingerprint density at radius 2 is 1.79 bits per heavy atom. The monoisotopic (exact) mass is 254 g/mol. The summed E-state index contributed by atoms with van der Waals surface area (Å²) in [4.78, 5) is 12.4. The molecule has 0 amide bonds. The Kier molecular flexibility index (Phi) is 2.56. The number of rotatable bonds is 1. The van der Waals surface area contributed by atoms with Gasteiger partial charge in [-0.05, 0) is 35.7 Å². The summed E-state index contributed by atoms with van der Waals surface area (Å²) in [5.41, 5.74) is 6.09. The molecule has 4 heteroatoms. The van der Waals surface area contributed by atoms with Crippen LogP contribution in [0, 0.1) is 5.82 Å². The van der Waals surface area contributed by atoms with E-state index in [-0.39, 0.29) is 11.4 Å². The maximum atomic E-state index is 13.3. The van der Waals surface area contributed by atoms with Gasteiger partial charge in [0.1, 0.15) is 11.6 Å². The van der Waals surface area contributed by atoms with Crippen molar-refractivity contribution in [2.45, 2.75) is 0 Å². The van der Waals surface area contributed by atoms with Gasteiger partial charge in [0.15, 0.2) is 0 Å². The molecule has 0 spiro atoms. The molecule has 0 bridgehead atoms. The molecule has 3 rings (SSSR count). The number of aromatic nitrogens is 1. The molecule has 2 aromatic carbocycles. The van der Waals surface area contributed by atoms with E-state index < -0.39 is 5.82 Å². The fraction of sp³-hybridized carbons (Fsp3) is 0. The maximum absolute atomic E-state index is 13.3. The molecule has 0 atom stereocenters. The molecule has 0 unspecified atom stereocenters. The number of pyridine rings is 1. The summed E-state index contributed by atoms with van der Waals surface area (Å²) in [5.74, 6) is -0.119. The predicted molar refractivity (Wildman–Crippen MR) is 73.9 cm³/mol. The van der Waals surface area contributed by atoms with Crippen molar-refractivity contribution in [3.8, 4) is 5.69 Å². The Hall–Kier alpha value is -2.62. The van der Waals surface area contributed by atoms with E-state index in [1.54, 1.807) is 30.3 Å². The summed E-state index contributed by atoms with van der Waals surface area (Å²) in [6.07, 6.45) is 0. The molecule has 1 aromatic heterocycles. The maximum Gasteiger partial charge on any atom is 0.264 e. The van der Waals surface area contributed by atoms with E-state index in [0.717, 1.165) is 5.39 Å². The van der Waals surface area contributed by atoms with Crippen molar-refractivity contribution in [2.24, 2.45) is 0 Å². The van der Waals surface area contributed by atoms with E-state index in [1.807, 2.05) is 12.1 Å². The normalized spacial score (nSPS) is 10.8. The second kappa shape index (κ2) is 4.24. The van der Waals surface area contributed by atoms with E-state index in [2.05, 4.69) is 0 Å². The van der Waals surface area contributed by atoms with Gasteiger partial charge in [0.2, 0.25) is 0 Å². The van der Waals surface area contributed by atoms with Crippen molar-refractivity contribution < 1.29 is 4.39 Å². The van der Waals surface area contributed by atoms with Gasteiger partial charge >= 0.3 is 0 Å². The van der Waals surface area contributed by atoms with Crippen LogP contribution < -0.4 is 11.3 Å². The Bertz CT molecular complexity index is 824. The number of halogens is 1. The molecule has 2 N–H and O–H groups in total. The van der Waals surface area contributed by atoms with Gasteiger partial charge in [-0.3, -0.25) is 9.36 Å². The number of nitrogens with zero attached hydrogens (tertiary/aromatic N) is 1. The van der Waals surface area contributed by atoms with E-state index in [1.165, 1.54) is 16.7 Å². The van der Waals surface area contributed by atoms with Crippen LogP contribution >= 0.6 is 0 Å². The van der Waals surface area contributed by atoms with Crippen molar-refractivity contribution in [1.82, 2.24) is 4.57 Å². The van der Waals surface area contributed by atoms with Crippen molar-refractivity contribution in [1.29, 1.82) is 0 Å². The molecule has 0 saturated heterocycles. The SMILES string of the molecule is Nc1cc2ccccc2c(=O)n1-c1cccc(F)c1. The lowest BCUT2D eigenvalue weighted by molar-refractivity contribution is 0.626. The average molecular weight is 254 g/mol. The molecule has 19 heavy (non-hydrogen) atoms.